The first-order valence-corrected chi connectivity index (χ1v) is 14.2. The van der Waals surface area contributed by atoms with Gasteiger partial charge in [-0.3, -0.25) is 4.79 Å². The number of fused-ring (bicyclic) bond motifs is 6. The van der Waals surface area contributed by atoms with Gasteiger partial charge in [-0.1, -0.05) is 50.3 Å². The number of hydrogen-bond donors (Lipinski definition) is 2. The van der Waals surface area contributed by atoms with Crippen LogP contribution in [0.4, 0.5) is 5.69 Å². The average Bonchev–Trinajstić information content (AvgIpc) is 3.57. The number of hydrogen-bond acceptors (Lipinski definition) is 3. The summed E-state index contributed by atoms with van der Waals surface area (Å²) in [5, 5.41) is 9.63. The molecule has 0 saturated carbocycles. The monoisotopic (exact) mass is 506 g/mol. The number of benzene rings is 3. The van der Waals surface area contributed by atoms with Gasteiger partial charge in [-0.15, -0.1) is 0 Å². The standard InChI is InChI=1S/C33H38N4O/c1-4-36(5-2)19-18-34-33(38)23-14-16-29-27(21-23)24-11-9-12-26(24)32(35-29)22-15-17-31-28(20-22)25-10-7-8-13-30(25)37(31)6-3/h7-11,13-17,20-21,24,26,32,35H,4-6,12,18-19H2,1-3H3,(H,34,38). The molecule has 1 aliphatic carbocycles. The predicted molar refractivity (Wildman–Crippen MR) is 158 cm³/mol. The van der Waals surface area contributed by atoms with Gasteiger partial charge >= 0.3 is 0 Å². The maximum absolute atomic E-state index is 13.0. The Balaban J connectivity index is 1.29. The van der Waals surface area contributed by atoms with Crippen LogP contribution in [0, 0.1) is 5.92 Å². The van der Waals surface area contributed by atoms with E-state index in [1.165, 1.54) is 32.9 Å². The Morgan fingerprint density at radius 3 is 2.63 bits per heavy atom. The molecule has 5 nitrogen and oxygen atoms in total. The average molecular weight is 507 g/mol. The van der Waals surface area contributed by atoms with E-state index in [9.17, 15) is 4.79 Å². The lowest BCUT2D eigenvalue weighted by Crippen LogP contribution is -2.35. The highest BCUT2D eigenvalue weighted by Gasteiger charge is 2.38. The Hall–Kier alpha value is -3.57. The summed E-state index contributed by atoms with van der Waals surface area (Å²) in [5.74, 6) is 0.756. The Kier molecular flexibility index (Phi) is 6.71. The van der Waals surface area contributed by atoms with Gasteiger partial charge in [-0.2, -0.15) is 0 Å². The van der Waals surface area contributed by atoms with Crippen LogP contribution < -0.4 is 10.6 Å². The summed E-state index contributed by atoms with van der Waals surface area (Å²) < 4.78 is 2.41. The fraction of sp³-hybridized carbons (Fsp3) is 0.364. The van der Waals surface area contributed by atoms with Crippen LogP contribution in [0.25, 0.3) is 21.8 Å². The number of rotatable bonds is 8. The molecule has 0 spiro atoms. The fourth-order valence-electron chi connectivity index (χ4n) is 6.64. The van der Waals surface area contributed by atoms with Crippen molar-refractivity contribution in [1.29, 1.82) is 0 Å². The number of nitrogens with one attached hydrogen (secondary N) is 2. The number of carbonyl (C=O) groups excluding carboxylic acids is 1. The summed E-state index contributed by atoms with van der Waals surface area (Å²) in [6, 6.07) is 22.1. The topological polar surface area (TPSA) is 49.3 Å². The maximum Gasteiger partial charge on any atom is 0.251 e. The van der Waals surface area contributed by atoms with Crippen LogP contribution in [0.15, 0.2) is 72.8 Å². The minimum absolute atomic E-state index is 0.0124. The van der Waals surface area contributed by atoms with Gasteiger partial charge in [0, 0.05) is 58.6 Å². The molecule has 1 aliphatic heterocycles. The molecule has 6 rings (SSSR count). The van der Waals surface area contributed by atoms with Crippen molar-refractivity contribution in [2.24, 2.45) is 5.92 Å². The number of para-hydroxylation sites is 1. The quantitative estimate of drug-likeness (QED) is 0.261. The van der Waals surface area contributed by atoms with Gasteiger partial charge in [0.25, 0.3) is 5.91 Å². The third kappa shape index (κ3) is 4.19. The number of amides is 1. The minimum Gasteiger partial charge on any atom is -0.378 e. The molecule has 0 fully saturated rings. The van der Waals surface area contributed by atoms with E-state index in [0.29, 0.717) is 18.4 Å². The third-order valence-corrected chi connectivity index (χ3v) is 8.70. The van der Waals surface area contributed by atoms with Gasteiger partial charge in [0.2, 0.25) is 0 Å². The third-order valence-electron chi connectivity index (χ3n) is 8.70. The highest BCUT2D eigenvalue weighted by atomic mass is 16.1. The Bertz CT molecular complexity index is 1510. The molecule has 1 amide bonds. The molecule has 5 heteroatoms. The lowest BCUT2D eigenvalue weighted by Gasteiger charge is -2.37. The summed E-state index contributed by atoms with van der Waals surface area (Å²) in [5.41, 5.74) is 7.05. The van der Waals surface area contributed by atoms with Crippen molar-refractivity contribution >= 4 is 33.4 Å². The van der Waals surface area contributed by atoms with Crippen LogP contribution >= 0.6 is 0 Å². The smallest absolute Gasteiger partial charge is 0.251 e. The summed E-state index contributed by atoms with van der Waals surface area (Å²) in [4.78, 5) is 15.3. The van der Waals surface area contributed by atoms with E-state index in [2.05, 4.69) is 108 Å². The first-order valence-electron chi connectivity index (χ1n) is 14.2. The second-order valence-corrected chi connectivity index (χ2v) is 10.6. The highest BCUT2D eigenvalue weighted by molar-refractivity contribution is 6.08. The van der Waals surface area contributed by atoms with Gasteiger partial charge in [0.1, 0.15) is 0 Å². The van der Waals surface area contributed by atoms with Crippen molar-refractivity contribution in [3.05, 3.63) is 89.5 Å². The van der Waals surface area contributed by atoms with E-state index >= 15 is 0 Å². The number of carbonyl (C=O) groups is 1. The van der Waals surface area contributed by atoms with Gasteiger partial charge in [-0.05, 0) is 79.9 Å². The van der Waals surface area contributed by atoms with Crippen LogP contribution in [-0.2, 0) is 6.54 Å². The second kappa shape index (κ2) is 10.3. The largest absolute Gasteiger partial charge is 0.378 e. The Morgan fingerprint density at radius 1 is 1.00 bits per heavy atom. The molecule has 38 heavy (non-hydrogen) atoms. The molecule has 4 aromatic rings. The van der Waals surface area contributed by atoms with Crippen molar-refractivity contribution in [3.63, 3.8) is 0 Å². The molecule has 3 atom stereocenters. The van der Waals surface area contributed by atoms with Crippen LogP contribution in [0.2, 0.25) is 0 Å². The van der Waals surface area contributed by atoms with E-state index in [-0.39, 0.29) is 11.9 Å². The van der Waals surface area contributed by atoms with Gasteiger partial charge in [0.05, 0.1) is 6.04 Å². The lowest BCUT2D eigenvalue weighted by molar-refractivity contribution is 0.0948. The fourth-order valence-corrected chi connectivity index (χ4v) is 6.64. The summed E-state index contributed by atoms with van der Waals surface area (Å²) in [6.45, 7) is 11.0. The van der Waals surface area contributed by atoms with E-state index in [0.717, 1.165) is 43.9 Å². The van der Waals surface area contributed by atoms with Crippen molar-refractivity contribution in [2.75, 3.05) is 31.5 Å². The molecule has 2 heterocycles. The highest BCUT2D eigenvalue weighted by Crippen LogP contribution is 2.50. The molecule has 3 aromatic carbocycles. The van der Waals surface area contributed by atoms with Crippen LogP contribution in [0.5, 0.6) is 0 Å². The number of aromatic nitrogens is 1. The number of aryl methyl sites for hydroxylation is 1. The van der Waals surface area contributed by atoms with Crippen molar-refractivity contribution < 1.29 is 4.79 Å². The molecular formula is C33H38N4O. The van der Waals surface area contributed by atoms with Crippen molar-refractivity contribution in [3.8, 4) is 0 Å². The van der Waals surface area contributed by atoms with Gasteiger partial charge in [-0.25, -0.2) is 0 Å². The van der Waals surface area contributed by atoms with Crippen molar-refractivity contribution in [1.82, 2.24) is 14.8 Å². The van der Waals surface area contributed by atoms with Crippen LogP contribution in [0.3, 0.4) is 0 Å². The SMILES string of the molecule is CCN(CC)CCNC(=O)c1ccc2c(c1)C1C=CCC1C(c1ccc3c(c1)c1ccccc1n3CC)N2. The van der Waals surface area contributed by atoms with Crippen molar-refractivity contribution in [2.45, 2.75) is 45.7 Å². The normalized spacial score (nSPS) is 20.1. The summed E-state index contributed by atoms with van der Waals surface area (Å²) >= 11 is 0. The number of likely N-dealkylation sites (N-methyl/N-ethyl adjacent to an activating group) is 1. The predicted octanol–water partition coefficient (Wildman–Crippen LogP) is 6.71. The van der Waals surface area contributed by atoms with E-state index in [4.69, 9.17) is 0 Å². The molecule has 3 unspecified atom stereocenters. The molecule has 1 aromatic heterocycles. The van der Waals surface area contributed by atoms with E-state index < -0.39 is 0 Å². The van der Waals surface area contributed by atoms with E-state index in [1.807, 2.05) is 6.07 Å². The molecule has 2 aliphatic rings. The summed E-state index contributed by atoms with van der Waals surface area (Å²) in [7, 11) is 0. The zero-order chi connectivity index (χ0) is 26.2. The number of anilines is 1. The van der Waals surface area contributed by atoms with Crippen LogP contribution in [-0.4, -0.2) is 41.6 Å². The summed E-state index contributed by atoms with van der Waals surface area (Å²) in [6.07, 6.45) is 5.70. The second-order valence-electron chi connectivity index (χ2n) is 10.6. The maximum atomic E-state index is 13.0. The molecular weight excluding hydrogens is 468 g/mol. The molecule has 0 bridgehead atoms. The molecule has 2 N–H and O–H groups in total. The molecule has 196 valence electrons. The molecule has 0 saturated heterocycles. The first kappa shape index (κ1) is 24.7. The molecule has 0 radical (unpaired) electrons. The zero-order valence-corrected chi connectivity index (χ0v) is 22.7. The lowest BCUT2D eigenvalue weighted by atomic mass is 9.76. The minimum atomic E-state index is 0.0124. The Labute approximate surface area is 225 Å². The number of nitrogens with zero attached hydrogens (tertiary/aromatic N) is 2. The van der Waals surface area contributed by atoms with Gasteiger partial charge < -0.3 is 20.1 Å². The number of allylic oxidation sites excluding steroid dienone is 2. The van der Waals surface area contributed by atoms with Gasteiger partial charge in [0.15, 0.2) is 0 Å². The Morgan fingerprint density at radius 2 is 1.82 bits per heavy atom. The van der Waals surface area contributed by atoms with E-state index in [1.54, 1.807) is 0 Å². The van der Waals surface area contributed by atoms with Crippen LogP contribution in [0.1, 0.15) is 60.6 Å². The zero-order valence-electron chi connectivity index (χ0n) is 22.7. The first-order chi connectivity index (χ1) is 18.6.